The maximum absolute atomic E-state index is 13.2. The summed E-state index contributed by atoms with van der Waals surface area (Å²) in [7, 11) is 0. The average molecular weight is 391 g/mol. The van der Waals surface area contributed by atoms with Gasteiger partial charge in [-0.25, -0.2) is 4.90 Å². The van der Waals surface area contributed by atoms with Crippen LogP contribution in [0.1, 0.15) is 31.8 Å². The van der Waals surface area contributed by atoms with Gasteiger partial charge in [-0.15, -0.1) is 0 Å². The van der Waals surface area contributed by atoms with Crippen molar-refractivity contribution >= 4 is 39.6 Å². The molecule has 9 nitrogen and oxygen atoms in total. The van der Waals surface area contributed by atoms with Crippen LogP contribution in [0.4, 0.5) is 17.1 Å². The van der Waals surface area contributed by atoms with Gasteiger partial charge < -0.3 is 0 Å². The first-order chi connectivity index (χ1) is 13.7. The second-order valence-electron chi connectivity index (χ2n) is 6.81. The fourth-order valence-electron chi connectivity index (χ4n) is 3.46. The Morgan fingerprint density at radius 1 is 0.759 bits per heavy atom. The van der Waals surface area contributed by atoms with Crippen LogP contribution in [0.5, 0.6) is 0 Å². The average Bonchev–Trinajstić information content (AvgIpc) is 2.67. The molecule has 1 heterocycles. The van der Waals surface area contributed by atoms with Crippen LogP contribution < -0.4 is 4.90 Å². The van der Waals surface area contributed by atoms with Crippen molar-refractivity contribution in [3.63, 3.8) is 0 Å². The van der Waals surface area contributed by atoms with E-state index in [4.69, 9.17) is 0 Å². The van der Waals surface area contributed by atoms with Crippen molar-refractivity contribution in [2.45, 2.75) is 13.8 Å². The number of carbonyl (C=O) groups is 2. The van der Waals surface area contributed by atoms with Crippen molar-refractivity contribution in [3.8, 4) is 0 Å². The predicted molar refractivity (Wildman–Crippen MR) is 104 cm³/mol. The van der Waals surface area contributed by atoms with Crippen LogP contribution in [0.15, 0.2) is 42.5 Å². The van der Waals surface area contributed by atoms with Gasteiger partial charge >= 0.3 is 0 Å². The zero-order valence-corrected chi connectivity index (χ0v) is 15.3. The number of nitro groups is 2. The van der Waals surface area contributed by atoms with Crippen molar-refractivity contribution < 1.29 is 19.4 Å². The van der Waals surface area contributed by atoms with Gasteiger partial charge in [-0.3, -0.25) is 29.8 Å². The highest BCUT2D eigenvalue weighted by Crippen LogP contribution is 2.38. The number of carbonyl (C=O) groups excluding carboxylic acids is 2. The Morgan fingerprint density at radius 3 is 1.72 bits per heavy atom. The molecule has 0 spiro atoms. The molecule has 0 unspecified atom stereocenters. The molecule has 0 aromatic heterocycles. The second kappa shape index (κ2) is 6.20. The van der Waals surface area contributed by atoms with Crippen LogP contribution in [0.3, 0.4) is 0 Å². The van der Waals surface area contributed by atoms with E-state index in [-0.39, 0.29) is 33.3 Å². The molecule has 0 bridgehead atoms. The monoisotopic (exact) mass is 391 g/mol. The predicted octanol–water partition coefficient (Wildman–Crippen LogP) is 4.07. The van der Waals surface area contributed by atoms with Gasteiger partial charge in [0.25, 0.3) is 23.2 Å². The molecule has 29 heavy (non-hydrogen) atoms. The van der Waals surface area contributed by atoms with E-state index in [1.807, 2.05) is 13.8 Å². The summed E-state index contributed by atoms with van der Waals surface area (Å²) in [5.74, 6) is -1.43. The molecule has 3 aromatic carbocycles. The molecule has 0 saturated heterocycles. The Morgan fingerprint density at radius 2 is 1.28 bits per heavy atom. The summed E-state index contributed by atoms with van der Waals surface area (Å²) >= 11 is 0. The Bertz CT molecular complexity index is 1210. The van der Waals surface area contributed by atoms with E-state index in [9.17, 15) is 29.8 Å². The Balaban J connectivity index is 2.05. The first-order valence-electron chi connectivity index (χ1n) is 8.55. The summed E-state index contributed by atoms with van der Waals surface area (Å²) in [6.07, 6.45) is 0. The number of non-ortho nitro benzene ring substituents is 2. The van der Waals surface area contributed by atoms with Gasteiger partial charge in [0.1, 0.15) is 0 Å². The highest BCUT2D eigenvalue weighted by Gasteiger charge is 2.37. The van der Waals surface area contributed by atoms with E-state index in [1.165, 1.54) is 0 Å². The molecular formula is C20H13N3O6. The van der Waals surface area contributed by atoms with Gasteiger partial charge in [0.05, 0.1) is 26.7 Å². The summed E-state index contributed by atoms with van der Waals surface area (Å²) < 4.78 is 0. The molecule has 1 aliphatic heterocycles. The lowest BCUT2D eigenvalue weighted by molar-refractivity contribution is -0.385. The van der Waals surface area contributed by atoms with Gasteiger partial charge in [0.2, 0.25) is 0 Å². The van der Waals surface area contributed by atoms with E-state index in [0.717, 1.165) is 40.3 Å². The van der Waals surface area contributed by atoms with E-state index in [1.54, 1.807) is 18.2 Å². The van der Waals surface area contributed by atoms with Gasteiger partial charge in [-0.2, -0.15) is 0 Å². The lowest BCUT2D eigenvalue weighted by Crippen LogP contribution is -2.40. The molecule has 3 aromatic rings. The number of imide groups is 1. The normalized spacial score (nSPS) is 13.1. The molecule has 1 aliphatic rings. The maximum Gasteiger partial charge on any atom is 0.270 e. The van der Waals surface area contributed by atoms with Gasteiger partial charge in [0, 0.05) is 29.7 Å². The van der Waals surface area contributed by atoms with E-state index >= 15 is 0 Å². The van der Waals surface area contributed by atoms with E-state index < -0.39 is 21.7 Å². The lowest BCUT2D eigenvalue weighted by atomic mass is 9.92. The highest BCUT2D eigenvalue weighted by molar-refractivity contribution is 6.36. The molecule has 9 heteroatoms. The van der Waals surface area contributed by atoms with Gasteiger partial charge in [-0.1, -0.05) is 6.07 Å². The van der Waals surface area contributed by atoms with Crippen molar-refractivity contribution in [2.75, 3.05) is 4.90 Å². The first-order valence-corrected chi connectivity index (χ1v) is 8.55. The fourth-order valence-corrected chi connectivity index (χ4v) is 3.46. The number of nitrogens with zero attached hydrogens (tertiary/aromatic N) is 3. The molecule has 0 saturated carbocycles. The minimum atomic E-state index is -0.715. The number of nitro benzene ring substituents is 2. The summed E-state index contributed by atoms with van der Waals surface area (Å²) in [5.41, 5.74) is 1.23. The van der Waals surface area contributed by atoms with E-state index in [0.29, 0.717) is 5.69 Å². The molecule has 0 N–H and O–H groups in total. The minimum absolute atomic E-state index is 0.0445. The second-order valence-corrected chi connectivity index (χ2v) is 6.81. The molecular weight excluding hydrogens is 378 g/mol. The van der Waals surface area contributed by atoms with E-state index in [2.05, 4.69) is 0 Å². The highest BCUT2D eigenvalue weighted by atomic mass is 16.6. The third-order valence-corrected chi connectivity index (χ3v) is 5.06. The number of hydrogen-bond donors (Lipinski definition) is 0. The van der Waals surface area contributed by atoms with Crippen LogP contribution in [0.2, 0.25) is 0 Å². The third-order valence-electron chi connectivity index (χ3n) is 5.06. The topological polar surface area (TPSA) is 124 Å². The Kier molecular flexibility index (Phi) is 3.90. The summed E-state index contributed by atoms with van der Waals surface area (Å²) in [5, 5.41) is 22.9. The van der Waals surface area contributed by atoms with Crippen LogP contribution in [-0.4, -0.2) is 21.7 Å². The largest absolute Gasteiger partial charge is 0.270 e. The number of amides is 2. The Hall–Kier alpha value is -4.14. The molecule has 0 fully saturated rings. The summed E-state index contributed by atoms with van der Waals surface area (Å²) in [6, 6.07) is 9.44. The summed E-state index contributed by atoms with van der Waals surface area (Å²) in [6.45, 7) is 3.70. The number of benzene rings is 3. The molecule has 2 amide bonds. The smallest absolute Gasteiger partial charge is 0.268 e. The van der Waals surface area contributed by atoms with Crippen LogP contribution in [0, 0.1) is 34.1 Å². The van der Waals surface area contributed by atoms with Crippen LogP contribution >= 0.6 is 0 Å². The molecule has 0 atom stereocenters. The zero-order valence-electron chi connectivity index (χ0n) is 15.3. The molecule has 4 rings (SSSR count). The first kappa shape index (κ1) is 18.2. The van der Waals surface area contributed by atoms with Crippen molar-refractivity contribution in [1.82, 2.24) is 0 Å². The van der Waals surface area contributed by atoms with Crippen molar-refractivity contribution in [1.29, 1.82) is 0 Å². The molecule has 144 valence electrons. The standard InChI is InChI=1S/C20H13N3O6/c1-10-3-4-13(5-11(10)2)21-19(24)16-8-14(22(26)27)6-12-7-15(23(28)29)9-17(18(12)16)20(21)25/h3-9H,1-2H3. The van der Waals surface area contributed by atoms with Crippen LogP contribution in [-0.2, 0) is 0 Å². The molecule has 0 aliphatic carbocycles. The Labute approximate surface area is 163 Å². The number of hydrogen-bond acceptors (Lipinski definition) is 6. The maximum atomic E-state index is 13.2. The number of aryl methyl sites for hydroxylation is 2. The van der Waals surface area contributed by atoms with Crippen LogP contribution in [0.25, 0.3) is 10.8 Å². The number of rotatable bonds is 3. The van der Waals surface area contributed by atoms with Crippen molar-refractivity contribution in [2.24, 2.45) is 0 Å². The van der Waals surface area contributed by atoms with Gasteiger partial charge in [0.15, 0.2) is 0 Å². The van der Waals surface area contributed by atoms with Crippen molar-refractivity contribution in [3.05, 3.63) is 84.9 Å². The summed E-state index contributed by atoms with van der Waals surface area (Å²) in [4.78, 5) is 48.5. The fraction of sp³-hybridized carbons (Fsp3) is 0.100. The SMILES string of the molecule is Cc1ccc(N2C(=O)c3cc([N+](=O)[O-])cc4cc([N+](=O)[O-])cc(c34)C2=O)cc1C. The molecule has 0 radical (unpaired) electrons. The third kappa shape index (κ3) is 2.71. The lowest BCUT2D eigenvalue weighted by Gasteiger charge is -2.27. The zero-order chi connectivity index (χ0) is 21.0. The number of anilines is 1. The van der Waals surface area contributed by atoms with Gasteiger partial charge in [-0.05, 0) is 42.5 Å². The minimum Gasteiger partial charge on any atom is -0.268 e. The quantitative estimate of drug-likeness (QED) is 0.376.